The van der Waals surface area contributed by atoms with Crippen LogP contribution in [0.2, 0.25) is 0 Å². The highest BCUT2D eigenvalue weighted by Gasteiger charge is 2.49. The normalized spacial score (nSPS) is 15.5. The number of carbonyl (C=O) groups is 4. The number of hydrogen-bond acceptors (Lipinski definition) is 4. The van der Waals surface area contributed by atoms with Crippen LogP contribution in [-0.2, 0) is 14.4 Å². The topological polar surface area (TPSA) is 98.8 Å². The number of likely N-dealkylation sites (N-methyl/N-ethyl adjacent to an activating group) is 1. The number of halogens is 1. The summed E-state index contributed by atoms with van der Waals surface area (Å²) in [5.41, 5.74) is -0.712. The summed E-state index contributed by atoms with van der Waals surface area (Å²) in [7, 11) is 1.39. The average molecular weight is 378 g/mol. The van der Waals surface area contributed by atoms with Gasteiger partial charge in [0.1, 0.15) is 17.9 Å². The largest absolute Gasteiger partial charge is 0.335 e. The van der Waals surface area contributed by atoms with E-state index in [1.54, 1.807) is 13.8 Å². The Morgan fingerprint density at radius 3 is 2.48 bits per heavy atom. The molecule has 146 valence electrons. The molecule has 0 aromatic heterocycles. The molecule has 1 heterocycles. The van der Waals surface area contributed by atoms with Gasteiger partial charge in [-0.05, 0) is 31.0 Å². The predicted molar refractivity (Wildman–Crippen MR) is 96.2 cm³/mol. The van der Waals surface area contributed by atoms with Gasteiger partial charge in [-0.25, -0.2) is 9.18 Å². The Balaban J connectivity index is 1.94. The molecule has 0 unspecified atom stereocenters. The summed E-state index contributed by atoms with van der Waals surface area (Å²) in [6, 6.07) is 4.75. The molecule has 0 saturated carbocycles. The first-order valence-electron chi connectivity index (χ1n) is 8.66. The number of imide groups is 1. The van der Waals surface area contributed by atoms with Crippen LogP contribution in [0.4, 0.5) is 14.9 Å². The van der Waals surface area contributed by atoms with Gasteiger partial charge in [0.15, 0.2) is 0 Å². The van der Waals surface area contributed by atoms with Gasteiger partial charge in [0.25, 0.3) is 5.91 Å². The maximum absolute atomic E-state index is 13.1. The molecule has 5 amide bonds. The van der Waals surface area contributed by atoms with Gasteiger partial charge >= 0.3 is 6.03 Å². The molecule has 1 aromatic rings. The number of rotatable bonds is 7. The van der Waals surface area contributed by atoms with Gasteiger partial charge in [-0.2, -0.15) is 0 Å². The van der Waals surface area contributed by atoms with E-state index >= 15 is 0 Å². The second-order valence-electron chi connectivity index (χ2n) is 6.42. The van der Waals surface area contributed by atoms with Crippen molar-refractivity contribution in [3.8, 4) is 0 Å². The van der Waals surface area contributed by atoms with E-state index in [-0.39, 0.29) is 12.2 Å². The summed E-state index contributed by atoms with van der Waals surface area (Å²) in [6.45, 7) is 2.83. The molecule has 1 aliphatic heterocycles. The molecule has 27 heavy (non-hydrogen) atoms. The number of benzene rings is 1. The quantitative estimate of drug-likeness (QED) is 0.700. The summed E-state index contributed by atoms with van der Waals surface area (Å²) in [5, 5.41) is 5.12. The zero-order chi connectivity index (χ0) is 20.2. The lowest BCUT2D eigenvalue weighted by atomic mass is 9.93. The van der Waals surface area contributed by atoms with Crippen LogP contribution < -0.4 is 10.6 Å². The van der Waals surface area contributed by atoms with Crippen LogP contribution in [-0.4, -0.2) is 59.2 Å². The maximum Gasteiger partial charge on any atom is 0.325 e. The minimum Gasteiger partial charge on any atom is -0.335 e. The summed E-state index contributed by atoms with van der Waals surface area (Å²) < 4.78 is 13.1. The molecule has 2 rings (SSSR count). The van der Waals surface area contributed by atoms with Crippen molar-refractivity contribution in [2.75, 3.05) is 25.5 Å². The van der Waals surface area contributed by atoms with E-state index in [1.807, 2.05) is 0 Å². The van der Waals surface area contributed by atoms with Gasteiger partial charge in [-0.3, -0.25) is 19.3 Å². The highest BCUT2D eigenvalue weighted by atomic mass is 19.1. The second kappa shape index (κ2) is 8.15. The van der Waals surface area contributed by atoms with Crippen molar-refractivity contribution in [1.82, 2.24) is 15.1 Å². The van der Waals surface area contributed by atoms with Crippen LogP contribution in [0.15, 0.2) is 24.3 Å². The van der Waals surface area contributed by atoms with Crippen LogP contribution in [0.5, 0.6) is 0 Å². The van der Waals surface area contributed by atoms with E-state index in [2.05, 4.69) is 10.6 Å². The molecular formula is C18H23FN4O4. The Kier molecular flexibility index (Phi) is 6.14. The highest BCUT2D eigenvalue weighted by molar-refractivity contribution is 6.09. The van der Waals surface area contributed by atoms with E-state index < -0.39 is 41.7 Å². The highest BCUT2D eigenvalue weighted by Crippen LogP contribution is 2.24. The van der Waals surface area contributed by atoms with E-state index in [1.165, 1.54) is 25.2 Å². The fraction of sp³-hybridized carbons (Fsp3) is 0.444. The second-order valence-corrected chi connectivity index (χ2v) is 6.42. The zero-order valence-electron chi connectivity index (χ0n) is 15.5. The maximum atomic E-state index is 13.1. The van der Waals surface area contributed by atoms with Gasteiger partial charge in [-0.15, -0.1) is 0 Å². The lowest BCUT2D eigenvalue weighted by Crippen LogP contribution is -2.47. The molecule has 0 radical (unpaired) electrons. The zero-order valence-corrected chi connectivity index (χ0v) is 15.5. The van der Waals surface area contributed by atoms with Crippen molar-refractivity contribution in [2.24, 2.45) is 0 Å². The fourth-order valence-corrected chi connectivity index (χ4v) is 2.88. The van der Waals surface area contributed by atoms with Crippen molar-refractivity contribution in [1.29, 1.82) is 0 Å². The third-order valence-corrected chi connectivity index (χ3v) is 4.66. The molecule has 2 N–H and O–H groups in total. The van der Waals surface area contributed by atoms with Crippen LogP contribution in [0.1, 0.15) is 26.7 Å². The number of hydrogen-bond donors (Lipinski definition) is 2. The number of carbonyl (C=O) groups excluding carboxylic acids is 4. The van der Waals surface area contributed by atoms with Crippen molar-refractivity contribution in [3.63, 3.8) is 0 Å². The first kappa shape index (κ1) is 20.3. The summed E-state index contributed by atoms with van der Waals surface area (Å²) >= 11 is 0. The van der Waals surface area contributed by atoms with Gasteiger partial charge in [-0.1, -0.05) is 19.9 Å². The Bertz CT molecular complexity index is 763. The summed E-state index contributed by atoms with van der Waals surface area (Å²) in [5.74, 6) is -2.02. The molecule has 1 aliphatic rings. The Hall–Kier alpha value is -2.97. The Morgan fingerprint density at radius 1 is 1.26 bits per heavy atom. The van der Waals surface area contributed by atoms with Crippen LogP contribution in [0, 0.1) is 5.82 Å². The van der Waals surface area contributed by atoms with Crippen LogP contribution in [0.3, 0.4) is 0 Å². The van der Waals surface area contributed by atoms with E-state index in [4.69, 9.17) is 0 Å². The number of urea groups is 1. The smallest absolute Gasteiger partial charge is 0.325 e. The third-order valence-electron chi connectivity index (χ3n) is 4.66. The third kappa shape index (κ3) is 4.42. The molecule has 0 spiro atoms. The van der Waals surface area contributed by atoms with Gasteiger partial charge in [0.2, 0.25) is 11.8 Å². The van der Waals surface area contributed by atoms with Crippen LogP contribution in [0.25, 0.3) is 0 Å². The van der Waals surface area contributed by atoms with E-state index in [0.717, 1.165) is 15.9 Å². The van der Waals surface area contributed by atoms with Crippen molar-refractivity contribution >= 4 is 29.4 Å². The monoisotopic (exact) mass is 378 g/mol. The Labute approximate surface area is 156 Å². The van der Waals surface area contributed by atoms with Crippen molar-refractivity contribution in [3.05, 3.63) is 30.1 Å². The first-order valence-corrected chi connectivity index (χ1v) is 8.66. The van der Waals surface area contributed by atoms with Gasteiger partial charge < -0.3 is 15.5 Å². The molecule has 9 heteroatoms. The summed E-state index contributed by atoms with van der Waals surface area (Å²) in [6.07, 6.45) is 0.843. The lowest BCUT2D eigenvalue weighted by molar-refractivity contribution is -0.139. The van der Waals surface area contributed by atoms with E-state index in [9.17, 15) is 23.6 Å². The lowest BCUT2D eigenvalue weighted by Gasteiger charge is -2.24. The predicted octanol–water partition coefficient (Wildman–Crippen LogP) is 1.33. The molecule has 0 bridgehead atoms. The minimum absolute atomic E-state index is 0.269. The van der Waals surface area contributed by atoms with Gasteiger partial charge in [0.05, 0.1) is 6.54 Å². The molecule has 8 nitrogen and oxygen atoms in total. The summed E-state index contributed by atoms with van der Waals surface area (Å²) in [4.78, 5) is 50.9. The number of amides is 5. The SMILES string of the molecule is CCC1(CC)NC(=O)N(CC(=O)N(C)CC(=O)Nc2cccc(F)c2)C1=O. The minimum atomic E-state index is -0.981. The number of anilines is 1. The Morgan fingerprint density at radius 2 is 1.93 bits per heavy atom. The first-order chi connectivity index (χ1) is 12.7. The van der Waals surface area contributed by atoms with Gasteiger partial charge in [0, 0.05) is 12.7 Å². The van der Waals surface area contributed by atoms with Crippen molar-refractivity contribution in [2.45, 2.75) is 32.2 Å². The number of nitrogens with one attached hydrogen (secondary N) is 2. The molecular weight excluding hydrogens is 355 g/mol. The standard InChI is InChI=1S/C18H23FN4O4/c1-4-18(5-2)16(26)23(17(27)21-18)11-15(25)22(3)10-14(24)20-13-8-6-7-12(19)9-13/h6-9H,4-5,10-11H2,1-3H3,(H,20,24)(H,21,27). The molecule has 1 aromatic carbocycles. The molecule has 0 aliphatic carbocycles. The molecule has 1 fully saturated rings. The molecule has 1 saturated heterocycles. The average Bonchev–Trinajstić information content (AvgIpc) is 2.86. The number of nitrogens with zero attached hydrogens (tertiary/aromatic N) is 2. The van der Waals surface area contributed by atoms with Crippen LogP contribution >= 0.6 is 0 Å². The van der Waals surface area contributed by atoms with Crippen molar-refractivity contribution < 1.29 is 23.6 Å². The molecule has 0 atom stereocenters. The fourth-order valence-electron chi connectivity index (χ4n) is 2.88. The van der Waals surface area contributed by atoms with E-state index in [0.29, 0.717) is 12.8 Å².